The highest BCUT2D eigenvalue weighted by Gasteiger charge is 2.16. The van der Waals surface area contributed by atoms with Crippen LogP contribution < -0.4 is 5.32 Å². The molecule has 3 heteroatoms. The van der Waals surface area contributed by atoms with E-state index in [1.54, 1.807) is 0 Å². The molecule has 1 N–H and O–H groups in total. The molecule has 1 aliphatic heterocycles. The molecule has 1 saturated heterocycles. The standard InChI is InChI=1S/C10H12ClN.ClH/c11-10-3-1-2-8(5-10)4-9-6-12-7-9;/h1-3,5,9,12H,4,6-7H2;1H. The third-order valence-corrected chi connectivity index (χ3v) is 2.51. The zero-order valence-corrected chi connectivity index (χ0v) is 8.87. The van der Waals surface area contributed by atoms with Crippen molar-refractivity contribution in [3.05, 3.63) is 34.9 Å². The Bertz CT molecular complexity index is 271. The normalized spacial score (nSPS) is 16.1. The first-order valence-electron chi connectivity index (χ1n) is 4.30. The van der Waals surface area contributed by atoms with Crippen LogP contribution in [-0.2, 0) is 6.42 Å². The third kappa shape index (κ3) is 2.87. The molecule has 0 amide bonds. The van der Waals surface area contributed by atoms with Gasteiger partial charge in [-0.05, 0) is 43.1 Å². The van der Waals surface area contributed by atoms with Crippen LogP contribution >= 0.6 is 24.0 Å². The first-order valence-corrected chi connectivity index (χ1v) is 4.67. The third-order valence-electron chi connectivity index (χ3n) is 2.28. The highest BCUT2D eigenvalue weighted by Crippen LogP contribution is 2.16. The maximum atomic E-state index is 5.87. The summed E-state index contributed by atoms with van der Waals surface area (Å²) < 4.78 is 0. The van der Waals surface area contributed by atoms with Crippen molar-refractivity contribution in [3.8, 4) is 0 Å². The van der Waals surface area contributed by atoms with Crippen molar-refractivity contribution in [3.63, 3.8) is 0 Å². The maximum Gasteiger partial charge on any atom is 0.0408 e. The quantitative estimate of drug-likeness (QED) is 0.804. The Morgan fingerprint density at radius 2 is 2.15 bits per heavy atom. The van der Waals surface area contributed by atoms with Gasteiger partial charge in [-0.3, -0.25) is 0 Å². The summed E-state index contributed by atoms with van der Waals surface area (Å²) >= 11 is 5.87. The van der Waals surface area contributed by atoms with Crippen LogP contribution in [0.4, 0.5) is 0 Å². The number of halogens is 2. The highest BCUT2D eigenvalue weighted by atomic mass is 35.5. The van der Waals surface area contributed by atoms with Crippen molar-refractivity contribution >= 4 is 24.0 Å². The molecule has 0 bridgehead atoms. The molecule has 0 radical (unpaired) electrons. The number of benzene rings is 1. The lowest BCUT2D eigenvalue weighted by atomic mass is 9.95. The van der Waals surface area contributed by atoms with E-state index < -0.39 is 0 Å². The summed E-state index contributed by atoms with van der Waals surface area (Å²) in [6.07, 6.45) is 1.16. The lowest BCUT2D eigenvalue weighted by molar-refractivity contribution is 0.346. The lowest BCUT2D eigenvalue weighted by Crippen LogP contribution is -2.43. The van der Waals surface area contributed by atoms with Crippen LogP contribution in [0.25, 0.3) is 0 Å². The fourth-order valence-electron chi connectivity index (χ4n) is 1.49. The van der Waals surface area contributed by atoms with E-state index in [0.717, 1.165) is 30.5 Å². The van der Waals surface area contributed by atoms with Gasteiger partial charge >= 0.3 is 0 Å². The van der Waals surface area contributed by atoms with Gasteiger partial charge in [0.15, 0.2) is 0 Å². The summed E-state index contributed by atoms with van der Waals surface area (Å²) in [5.41, 5.74) is 1.36. The molecule has 0 atom stereocenters. The van der Waals surface area contributed by atoms with E-state index in [1.807, 2.05) is 12.1 Å². The van der Waals surface area contributed by atoms with Gasteiger partial charge in [-0.2, -0.15) is 0 Å². The van der Waals surface area contributed by atoms with Gasteiger partial charge in [-0.1, -0.05) is 23.7 Å². The van der Waals surface area contributed by atoms with Crippen molar-refractivity contribution in [1.82, 2.24) is 5.32 Å². The lowest BCUT2D eigenvalue weighted by Gasteiger charge is -2.27. The Morgan fingerprint density at radius 1 is 1.38 bits per heavy atom. The summed E-state index contributed by atoms with van der Waals surface area (Å²) in [7, 11) is 0. The first kappa shape index (κ1) is 10.8. The molecule has 1 aliphatic rings. The van der Waals surface area contributed by atoms with Gasteiger partial charge in [0.1, 0.15) is 0 Å². The molecule has 0 spiro atoms. The fraction of sp³-hybridized carbons (Fsp3) is 0.400. The number of hydrogen-bond donors (Lipinski definition) is 1. The second-order valence-electron chi connectivity index (χ2n) is 3.36. The molecule has 13 heavy (non-hydrogen) atoms. The zero-order valence-electron chi connectivity index (χ0n) is 7.29. The molecule has 1 fully saturated rings. The Hall–Kier alpha value is -0.240. The molecule has 0 aromatic heterocycles. The topological polar surface area (TPSA) is 12.0 Å². The zero-order chi connectivity index (χ0) is 8.39. The van der Waals surface area contributed by atoms with Crippen molar-refractivity contribution in [2.45, 2.75) is 6.42 Å². The number of hydrogen-bond acceptors (Lipinski definition) is 1. The minimum atomic E-state index is 0. The molecule has 72 valence electrons. The van der Waals surface area contributed by atoms with Crippen molar-refractivity contribution in [2.75, 3.05) is 13.1 Å². The van der Waals surface area contributed by atoms with Crippen LogP contribution in [0.5, 0.6) is 0 Å². The van der Waals surface area contributed by atoms with Crippen LogP contribution in [0.3, 0.4) is 0 Å². The smallest absolute Gasteiger partial charge is 0.0408 e. The largest absolute Gasteiger partial charge is 0.316 e. The predicted octanol–water partition coefficient (Wildman–Crippen LogP) is 2.52. The molecular weight excluding hydrogens is 205 g/mol. The molecular formula is C10H13Cl2N. The molecule has 1 nitrogen and oxygen atoms in total. The molecule has 2 rings (SSSR count). The van der Waals surface area contributed by atoms with Crippen LogP contribution in [0.2, 0.25) is 5.02 Å². The van der Waals surface area contributed by atoms with Gasteiger partial charge < -0.3 is 5.32 Å². The summed E-state index contributed by atoms with van der Waals surface area (Å²) in [5, 5.41) is 4.11. The average Bonchev–Trinajstić information content (AvgIpc) is 1.97. The Morgan fingerprint density at radius 3 is 2.69 bits per heavy atom. The SMILES string of the molecule is Cl.Clc1cccc(CC2CNC2)c1. The minimum absolute atomic E-state index is 0. The van der Waals surface area contributed by atoms with E-state index in [-0.39, 0.29) is 12.4 Å². The van der Waals surface area contributed by atoms with Crippen LogP contribution in [-0.4, -0.2) is 13.1 Å². The van der Waals surface area contributed by atoms with Crippen molar-refractivity contribution in [2.24, 2.45) is 5.92 Å². The Balaban J connectivity index is 0.000000845. The van der Waals surface area contributed by atoms with Crippen molar-refractivity contribution in [1.29, 1.82) is 0 Å². The van der Waals surface area contributed by atoms with E-state index in [0.29, 0.717) is 0 Å². The van der Waals surface area contributed by atoms with Gasteiger partial charge in [0.2, 0.25) is 0 Å². The molecule has 0 saturated carbocycles. The van der Waals surface area contributed by atoms with E-state index in [4.69, 9.17) is 11.6 Å². The molecule has 1 aromatic rings. The Kier molecular flexibility index (Phi) is 4.04. The van der Waals surface area contributed by atoms with Crippen molar-refractivity contribution < 1.29 is 0 Å². The van der Waals surface area contributed by atoms with Gasteiger partial charge in [0.05, 0.1) is 0 Å². The number of rotatable bonds is 2. The number of nitrogens with one attached hydrogen (secondary N) is 1. The van der Waals surface area contributed by atoms with Gasteiger partial charge in [0.25, 0.3) is 0 Å². The van der Waals surface area contributed by atoms with Crippen LogP contribution in [0.1, 0.15) is 5.56 Å². The maximum absolute atomic E-state index is 5.87. The summed E-state index contributed by atoms with van der Waals surface area (Å²) in [4.78, 5) is 0. The second-order valence-corrected chi connectivity index (χ2v) is 3.79. The molecule has 1 aromatic carbocycles. The highest BCUT2D eigenvalue weighted by molar-refractivity contribution is 6.30. The summed E-state index contributed by atoms with van der Waals surface area (Å²) in [6, 6.07) is 8.14. The van der Waals surface area contributed by atoms with E-state index >= 15 is 0 Å². The van der Waals surface area contributed by atoms with E-state index in [1.165, 1.54) is 5.56 Å². The molecule has 0 unspecified atom stereocenters. The molecule has 0 aliphatic carbocycles. The van der Waals surface area contributed by atoms with E-state index in [2.05, 4.69) is 17.4 Å². The second kappa shape index (κ2) is 4.85. The van der Waals surface area contributed by atoms with Gasteiger partial charge in [0, 0.05) is 5.02 Å². The summed E-state index contributed by atoms with van der Waals surface area (Å²) in [5.74, 6) is 0.823. The fourth-order valence-corrected chi connectivity index (χ4v) is 1.70. The van der Waals surface area contributed by atoms with Gasteiger partial charge in [-0.25, -0.2) is 0 Å². The molecule has 1 heterocycles. The first-order chi connectivity index (χ1) is 5.84. The minimum Gasteiger partial charge on any atom is -0.316 e. The predicted molar refractivity (Wildman–Crippen MR) is 58.8 cm³/mol. The summed E-state index contributed by atoms with van der Waals surface area (Å²) in [6.45, 7) is 2.32. The van der Waals surface area contributed by atoms with E-state index in [9.17, 15) is 0 Å². The Labute approximate surface area is 89.9 Å². The van der Waals surface area contributed by atoms with Gasteiger partial charge in [-0.15, -0.1) is 12.4 Å². The van der Waals surface area contributed by atoms with Crippen LogP contribution in [0, 0.1) is 5.92 Å². The van der Waals surface area contributed by atoms with Crippen LogP contribution in [0.15, 0.2) is 24.3 Å². The monoisotopic (exact) mass is 217 g/mol. The average molecular weight is 218 g/mol.